The number of nitrogens with zero attached hydrogens (tertiary/aromatic N) is 11. The molecule has 0 aliphatic carbocycles. The van der Waals surface area contributed by atoms with E-state index in [0.717, 1.165) is 27.7 Å². The molecule has 0 aliphatic rings. The minimum Gasteiger partial charge on any atom is -0.383 e. The summed E-state index contributed by atoms with van der Waals surface area (Å²) >= 11 is 0. The van der Waals surface area contributed by atoms with Gasteiger partial charge in [-0.05, 0) is 13.0 Å². The van der Waals surface area contributed by atoms with Crippen molar-refractivity contribution in [1.29, 1.82) is 0 Å². The van der Waals surface area contributed by atoms with Crippen LogP contribution < -0.4 is 5.73 Å². The van der Waals surface area contributed by atoms with Gasteiger partial charge in [0.15, 0.2) is 11.5 Å². The summed E-state index contributed by atoms with van der Waals surface area (Å²) in [5.41, 5.74) is 10.9. The van der Waals surface area contributed by atoms with Crippen LogP contribution in [0.4, 0.5) is 5.82 Å². The van der Waals surface area contributed by atoms with Gasteiger partial charge in [-0.2, -0.15) is 15.3 Å². The Morgan fingerprint density at radius 2 is 1.88 bits per heavy atom. The van der Waals surface area contributed by atoms with Gasteiger partial charge in [0.2, 0.25) is 0 Å². The first kappa shape index (κ1) is 19.9. The highest BCUT2D eigenvalue weighted by atomic mass is 15.3. The number of aryl methyl sites for hydroxylation is 2. The molecule has 6 heterocycles. The van der Waals surface area contributed by atoms with Crippen molar-refractivity contribution in [3.63, 3.8) is 0 Å². The molecule has 12 nitrogen and oxygen atoms in total. The first-order valence-corrected chi connectivity index (χ1v) is 10.6. The van der Waals surface area contributed by atoms with Crippen molar-refractivity contribution in [1.82, 2.24) is 54.3 Å². The predicted octanol–water partition coefficient (Wildman–Crippen LogP) is 2.16. The van der Waals surface area contributed by atoms with Gasteiger partial charge in [0.1, 0.15) is 17.8 Å². The van der Waals surface area contributed by atoms with Crippen LogP contribution in [0.15, 0.2) is 49.6 Å². The van der Waals surface area contributed by atoms with E-state index in [2.05, 4.69) is 30.1 Å². The van der Waals surface area contributed by atoms with Crippen molar-refractivity contribution in [2.45, 2.75) is 13.0 Å². The fourth-order valence-electron chi connectivity index (χ4n) is 4.11. The fourth-order valence-corrected chi connectivity index (χ4v) is 4.11. The van der Waals surface area contributed by atoms with Crippen molar-refractivity contribution in [3.8, 4) is 22.6 Å². The topological polar surface area (TPSA) is 144 Å². The molecular formula is C22H20N12. The normalized spacial score (nSPS) is 12.6. The fraction of sp³-hybridized carbons (Fsp3) is 0.182. The second-order valence-electron chi connectivity index (χ2n) is 8.02. The third-order valence-electron chi connectivity index (χ3n) is 5.88. The molecule has 0 amide bonds. The monoisotopic (exact) mass is 452 g/mol. The molecule has 34 heavy (non-hydrogen) atoms. The van der Waals surface area contributed by atoms with Crippen LogP contribution in [0, 0.1) is 0 Å². The van der Waals surface area contributed by atoms with Crippen LogP contribution in [0.25, 0.3) is 44.6 Å². The standard InChI is InChI=1S/C22H20N12/c1-12(16-4-5-25-21(30-16)13-6-28-32(2)10-13)34-22-18(20(23)26-11-27-22)19(31-34)15-7-24-9-17-14(15)8-29-33(17)3/h4-12H,1-3H3,(H2,23,26,27). The van der Waals surface area contributed by atoms with Crippen LogP contribution in [-0.4, -0.2) is 54.3 Å². The first-order chi connectivity index (χ1) is 16.5. The molecule has 12 heteroatoms. The maximum atomic E-state index is 6.32. The van der Waals surface area contributed by atoms with Crippen molar-refractivity contribution < 1.29 is 0 Å². The van der Waals surface area contributed by atoms with Crippen LogP contribution in [-0.2, 0) is 14.1 Å². The summed E-state index contributed by atoms with van der Waals surface area (Å²) in [6.07, 6.45) is 12.1. The molecule has 1 unspecified atom stereocenters. The highest BCUT2D eigenvalue weighted by molar-refractivity contribution is 6.04. The molecule has 0 fully saturated rings. The lowest BCUT2D eigenvalue weighted by Gasteiger charge is -2.13. The average molecular weight is 452 g/mol. The number of hydrogen-bond donors (Lipinski definition) is 1. The van der Waals surface area contributed by atoms with Crippen LogP contribution >= 0.6 is 0 Å². The molecule has 2 N–H and O–H groups in total. The smallest absolute Gasteiger partial charge is 0.164 e. The van der Waals surface area contributed by atoms with E-state index in [9.17, 15) is 0 Å². The highest BCUT2D eigenvalue weighted by Gasteiger charge is 2.23. The van der Waals surface area contributed by atoms with Crippen molar-refractivity contribution in [2.75, 3.05) is 5.73 Å². The van der Waals surface area contributed by atoms with E-state index in [1.165, 1.54) is 6.33 Å². The third kappa shape index (κ3) is 2.99. The Bertz CT molecular complexity index is 1670. The molecule has 1 atom stereocenters. The molecule has 0 radical (unpaired) electrons. The van der Waals surface area contributed by atoms with Gasteiger partial charge in [-0.3, -0.25) is 14.3 Å². The zero-order valence-corrected chi connectivity index (χ0v) is 18.7. The Morgan fingerprint density at radius 1 is 1.00 bits per heavy atom. The lowest BCUT2D eigenvalue weighted by atomic mass is 10.1. The van der Waals surface area contributed by atoms with Gasteiger partial charge < -0.3 is 5.73 Å². The minimum absolute atomic E-state index is 0.259. The summed E-state index contributed by atoms with van der Waals surface area (Å²) in [6.45, 7) is 2.01. The summed E-state index contributed by atoms with van der Waals surface area (Å²) in [7, 11) is 3.73. The van der Waals surface area contributed by atoms with Gasteiger partial charge >= 0.3 is 0 Å². The lowest BCUT2D eigenvalue weighted by molar-refractivity contribution is 0.566. The lowest BCUT2D eigenvalue weighted by Crippen LogP contribution is -2.12. The molecule has 0 aliphatic heterocycles. The van der Waals surface area contributed by atoms with Gasteiger partial charge in [-0.1, -0.05) is 0 Å². The molecule has 0 aromatic carbocycles. The van der Waals surface area contributed by atoms with Gasteiger partial charge in [0.25, 0.3) is 0 Å². The SMILES string of the molecule is CC(c1ccnc(-c2cnn(C)c2)n1)n1nc(-c2cncc3c2cnn3C)c2c(N)ncnc21. The minimum atomic E-state index is -0.259. The third-order valence-corrected chi connectivity index (χ3v) is 5.88. The summed E-state index contributed by atoms with van der Waals surface area (Å²) < 4.78 is 5.30. The molecular weight excluding hydrogens is 432 g/mol. The zero-order valence-electron chi connectivity index (χ0n) is 18.7. The zero-order chi connectivity index (χ0) is 23.4. The Kier molecular flexibility index (Phi) is 4.33. The molecule has 6 rings (SSSR count). The second kappa shape index (κ2) is 7.40. The van der Waals surface area contributed by atoms with Crippen molar-refractivity contribution in [3.05, 3.63) is 55.3 Å². The van der Waals surface area contributed by atoms with Crippen LogP contribution in [0.1, 0.15) is 18.7 Å². The second-order valence-corrected chi connectivity index (χ2v) is 8.02. The van der Waals surface area contributed by atoms with Gasteiger partial charge in [-0.15, -0.1) is 0 Å². The van der Waals surface area contributed by atoms with Gasteiger partial charge in [0.05, 0.1) is 46.8 Å². The Hall–Kier alpha value is -4.74. The number of aromatic nitrogens is 11. The maximum absolute atomic E-state index is 6.32. The summed E-state index contributed by atoms with van der Waals surface area (Å²) in [5, 5.41) is 15.1. The average Bonchev–Trinajstić information content (AvgIpc) is 3.56. The molecule has 6 aromatic heterocycles. The quantitative estimate of drug-likeness (QED) is 0.425. The van der Waals surface area contributed by atoms with E-state index in [1.54, 1.807) is 40.3 Å². The van der Waals surface area contributed by atoms with Gasteiger partial charge in [-0.25, -0.2) is 24.6 Å². The molecule has 168 valence electrons. The van der Waals surface area contributed by atoms with Crippen molar-refractivity contribution in [2.24, 2.45) is 14.1 Å². The number of nitrogens with two attached hydrogens (primary N) is 1. The molecule has 0 saturated heterocycles. The number of nitrogen functional groups attached to an aromatic ring is 1. The summed E-state index contributed by atoms with van der Waals surface area (Å²) in [4.78, 5) is 22.3. The summed E-state index contributed by atoms with van der Waals surface area (Å²) in [6, 6.07) is 1.61. The van der Waals surface area contributed by atoms with E-state index in [0.29, 0.717) is 28.4 Å². The molecule has 0 saturated carbocycles. The number of pyridine rings is 1. The van der Waals surface area contributed by atoms with Crippen molar-refractivity contribution >= 4 is 27.8 Å². The number of fused-ring (bicyclic) bond motifs is 2. The number of hydrogen-bond acceptors (Lipinski definition) is 9. The van der Waals surface area contributed by atoms with Crippen LogP contribution in [0.3, 0.4) is 0 Å². The maximum Gasteiger partial charge on any atom is 0.164 e. The Labute approximate surface area is 193 Å². The molecule has 0 bridgehead atoms. The van der Waals surface area contributed by atoms with E-state index < -0.39 is 0 Å². The summed E-state index contributed by atoms with van der Waals surface area (Å²) in [5.74, 6) is 0.936. The van der Waals surface area contributed by atoms with Gasteiger partial charge in [0, 0.05) is 43.6 Å². The Balaban J connectivity index is 1.53. The largest absolute Gasteiger partial charge is 0.383 e. The van der Waals surface area contributed by atoms with Crippen LogP contribution in [0.5, 0.6) is 0 Å². The highest BCUT2D eigenvalue weighted by Crippen LogP contribution is 2.35. The Morgan fingerprint density at radius 3 is 2.71 bits per heavy atom. The number of rotatable bonds is 4. The van der Waals surface area contributed by atoms with E-state index in [4.69, 9.17) is 15.8 Å². The van der Waals surface area contributed by atoms with E-state index in [1.807, 2.05) is 38.0 Å². The van der Waals surface area contributed by atoms with E-state index >= 15 is 0 Å². The number of anilines is 1. The predicted molar refractivity (Wildman–Crippen MR) is 125 cm³/mol. The molecule has 6 aromatic rings. The first-order valence-electron chi connectivity index (χ1n) is 10.6. The van der Waals surface area contributed by atoms with Crippen LogP contribution in [0.2, 0.25) is 0 Å². The van der Waals surface area contributed by atoms with E-state index in [-0.39, 0.29) is 6.04 Å². The molecule has 0 spiro atoms.